The highest BCUT2D eigenvalue weighted by atomic mass is 79.9. The molecule has 0 spiro atoms. The zero-order valence-corrected chi connectivity index (χ0v) is 10.6. The Balaban J connectivity index is 2.61. The number of aliphatic imine (C=N–C) groups is 1. The molecule has 90 valence electrons. The number of carbonyl (C=O) groups excluding carboxylic acids is 1. The van der Waals surface area contributed by atoms with Gasteiger partial charge in [-0.2, -0.15) is 4.99 Å². The Bertz CT molecular complexity index is 492. The predicted octanol–water partition coefficient (Wildman–Crippen LogP) is 3.40. The molecule has 1 aromatic carbocycles. The quantitative estimate of drug-likeness (QED) is 0.672. The molecule has 0 heterocycles. The van der Waals surface area contributed by atoms with Gasteiger partial charge in [-0.25, -0.2) is 9.18 Å². The average Bonchev–Trinajstić information content (AvgIpc) is 2.73. The average molecular weight is 300 g/mol. The number of benzene rings is 1. The van der Waals surface area contributed by atoms with Crippen molar-refractivity contribution in [1.82, 2.24) is 0 Å². The largest absolute Gasteiger partial charge is 0.505 e. The summed E-state index contributed by atoms with van der Waals surface area (Å²) in [5, 5.41) is 9.79. The Hall–Kier alpha value is -1.19. The molecule has 17 heavy (non-hydrogen) atoms. The molecule has 0 saturated heterocycles. The second-order valence-corrected chi connectivity index (χ2v) is 5.14. The maximum absolute atomic E-state index is 13.5. The van der Waals surface area contributed by atoms with E-state index in [2.05, 4.69) is 20.9 Å². The minimum atomic E-state index is -0.809. The lowest BCUT2D eigenvalue weighted by Gasteiger charge is -2.24. The van der Waals surface area contributed by atoms with Crippen LogP contribution >= 0.6 is 15.9 Å². The van der Waals surface area contributed by atoms with E-state index >= 15 is 0 Å². The lowest BCUT2D eigenvalue weighted by atomic mass is 9.88. The van der Waals surface area contributed by atoms with Gasteiger partial charge in [0.2, 0.25) is 6.08 Å². The van der Waals surface area contributed by atoms with Crippen molar-refractivity contribution in [3.05, 3.63) is 28.0 Å². The molecule has 1 fully saturated rings. The van der Waals surface area contributed by atoms with Crippen LogP contribution in [0.25, 0.3) is 0 Å². The highest BCUT2D eigenvalue weighted by molar-refractivity contribution is 9.10. The molecule has 3 nitrogen and oxygen atoms in total. The smallest absolute Gasteiger partial charge is 0.235 e. The van der Waals surface area contributed by atoms with Gasteiger partial charge in [-0.3, -0.25) is 0 Å². The van der Waals surface area contributed by atoms with Crippen LogP contribution in [0.1, 0.15) is 31.2 Å². The molecule has 0 bridgehead atoms. The van der Waals surface area contributed by atoms with Crippen LogP contribution < -0.4 is 0 Å². The molecule has 1 aromatic rings. The Morgan fingerprint density at radius 3 is 2.65 bits per heavy atom. The number of phenolic OH excluding ortho intramolecular Hbond substituents is 1. The Morgan fingerprint density at radius 2 is 2.06 bits per heavy atom. The summed E-state index contributed by atoms with van der Waals surface area (Å²) in [6.07, 6.45) is 4.61. The molecule has 5 heteroatoms. The predicted molar refractivity (Wildman–Crippen MR) is 64.0 cm³/mol. The number of isocyanates is 1. The Morgan fingerprint density at radius 1 is 1.41 bits per heavy atom. The first-order valence-corrected chi connectivity index (χ1v) is 6.16. The first-order valence-electron chi connectivity index (χ1n) is 5.36. The lowest BCUT2D eigenvalue weighted by Crippen LogP contribution is -2.19. The zero-order valence-electron chi connectivity index (χ0n) is 9.04. The Kier molecular flexibility index (Phi) is 3.31. The second-order valence-electron chi connectivity index (χ2n) is 4.23. The van der Waals surface area contributed by atoms with Crippen molar-refractivity contribution >= 4 is 22.0 Å². The first-order chi connectivity index (χ1) is 8.09. The van der Waals surface area contributed by atoms with E-state index in [9.17, 15) is 14.3 Å². The molecule has 1 aliphatic carbocycles. The third-order valence-corrected chi connectivity index (χ3v) is 3.68. The molecule has 0 aliphatic heterocycles. The highest BCUT2D eigenvalue weighted by Gasteiger charge is 2.38. The van der Waals surface area contributed by atoms with Crippen molar-refractivity contribution in [3.8, 4) is 5.75 Å². The van der Waals surface area contributed by atoms with Gasteiger partial charge in [0.25, 0.3) is 0 Å². The second kappa shape index (κ2) is 4.59. The molecule has 1 saturated carbocycles. The standard InChI is InChI=1S/C12H11BrFNO2/c13-8-5-9(11(17)10(14)6-8)12(15-7-16)3-1-2-4-12/h5-6,17H,1-4H2. The monoisotopic (exact) mass is 299 g/mol. The van der Waals surface area contributed by atoms with Gasteiger partial charge < -0.3 is 5.11 Å². The zero-order chi connectivity index (χ0) is 12.5. The van der Waals surface area contributed by atoms with Crippen LogP contribution in [0, 0.1) is 5.82 Å². The fourth-order valence-corrected chi connectivity index (χ4v) is 2.84. The van der Waals surface area contributed by atoms with Crippen molar-refractivity contribution in [3.63, 3.8) is 0 Å². The summed E-state index contributed by atoms with van der Waals surface area (Å²) in [4.78, 5) is 14.4. The third-order valence-electron chi connectivity index (χ3n) is 3.22. The summed E-state index contributed by atoms with van der Waals surface area (Å²) < 4.78 is 14.0. The van der Waals surface area contributed by atoms with Crippen molar-refractivity contribution in [1.29, 1.82) is 0 Å². The highest BCUT2D eigenvalue weighted by Crippen LogP contribution is 2.46. The summed E-state index contributed by atoms with van der Waals surface area (Å²) in [7, 11) is 0. The van der Waals surface area contributed by atoms with Gasteiger partial charge in [0.1, 0.15) is 5.54 Å². The normalized spacial score (nSPS) is 17.8. The van der Waals surface area contributed by atoms with Gasteiger partial charge in [0.05, 0.1) is 0 Å². The third kappa shape index (κ3) is 2.13. The molecule has 0 aromatic heterocycles. The van der Waals surface area contributed by atoms with Crippen LogP contribution in [0.4, 0.5) is 4.39 Å². The van der Waals surface area contributed by atoms with Crippen molar-refractivity contribution in [2.75, 3.05) is 0 Å². The molecule has 0 radical (unpaired) electrons. The van der Waals surface area contributed by atoms with Crippen LogP contribution in [0.2, 0.25) is 0 Å². The van der Waals surface area contributed by atoms with E-state index in [-0.39, 0.29) is 0 Å². The number of nitrogens with zero attached hydrogens (tertiary/aromatic N) is 1. The van der Waals surface area contributed by atoms with E-state index in [1.54, 1.807) is 12.1 Å². The number of phenols is 1. The van der Waals surface area contributed by atoms with Crippen LogP contribution in [-0.2, 0) is 10.3 Å². The fraction of sp³-hybridized carbons (Fsp3) is 0.417. The van der Waals surface area contributed by atoms with Gasteiger partial charge in [0, 0.05) is 10.0 Å². The van der Waals surface area contributed by atoms with Gasteiger partial charge in [-0.15, -0.1) is 0 Å². The van der Waals surface area contributed by atoms with Crippen molar-refractivity contribution in [2.24, 2.45) is 4.99 Å². The van der Waals surface area contributed by atoms with E-state index in [0.29, 0.717) is 22.9 Å². The molecule has 2 rings (SSSR count). The number of hydrogen-bond acceptors (Lipinski definition) is 3. The van der Waals surface area contributed by atoms with E-state index in [4.69, 9.17) is 0 Å². The Labute approximate surface area is 106 Å². The van der Waals surface area contributed by atoms with Gasteiger partial charge in [-0.05, 0) is 25.0 Å². The summed E-state index contributed by atoms with van der Waals surface area (Å²) in [5.74, 6) is -1.13. The maximum atomic E-state index is 13.5. The van der Waals surface area contributed by atoms with E-state index in [1.165, 1.54) is 6.07 Å². The molecule has 1 aliphatic rings. The molecule has 0 unspecified atom stereocenters. The van der Waals surface area contributed by atoms with Gasteiger partial charge in [-0.1, -0.05) is 28.8 Å². The summed E-state index contributed by atoms with van der Waals surface area (Å²) in [6.45, 7) is 0. The number of hydrogen-bond donors (Lipinski definition) is 1. The van der Waals surface area contributed by atoms with Crippen molar-refractivity contribution in [2.45, 2.75) is 31.2 Å². The van der Waals surface area contributed by atoms with Gasteiger partial charge in [0.15, 0.2) is 11.6 Å². The molecule has 0 atom stereocenters. The van der Waals surface area contributed by atoms with E-state index in [0.717, 1.165) is 12.8 Å². The number of halogens is 2. The van der Waals surface area contributed by atoms with Crippen LogP contribution in [-0.4, -0.2) is 11.2 Å². The fourth-order valence-electron chi connectivity index (χ4n) is 2.41. The minimum absolute atomic E-state index is 0.366. The minimum Gasteiger partial charge on any atom is -0.505 e. The van der Waals surface area contributed by atoms with Crippen LogP contribution in [0.3, 0.4) is 0 Å². The lowest BCUT2D eigenvalue weighted by molar-refractivity contribution is 0.385. The van der Waals surface area contributed by atoms with Crippen molar-refractivity contribution < 1.29 is 14.3 Å². The molecule has 1 N–H and O–H groups in total. The topological polar surface area (TPSA) is 49.7 Å². The summed E-state index contributed by atoms with van der Waals surface area (Å²) in [5.41, 5.74) is -0.443. The van der Waals surface area contributed by atoms with Crippen LogP contribution in [0.5, 0.6) is 5.75 Å². The SMILES string of the molecule is O=C=NC1(c2cc(Br)cc(F)c2O)CCCC1. The summed E-state index contributed by atoms with van der Waals surface area (Å²) >= 11 is 3.18. The van der Waals surface area contributed by atoms with Gasteiger partial charge >= 0.3 is 0 Å². The maximum Gasteiger partial charge on any atom is 0.235 e. The molecular weight excluding hydrogens is 289 g/mol. The summed E-state index contributed by atoms with van der Waals surface area (Å²) in [6, 6.07) is 2.80. The molecular formula is C12H11BrFNO2. The first kappa shape index (κ1) is 12.3. The van der Waals surface area contributed by atoms with E-state index < -0.39 is 17.1 Å². The number of aromatic hydroxyl groups is 1. The molecule has 0 amide bonds. The number of rotatable bonds is 2. The van der Waals surface area contributed by atoms with E-state index in [1.807, 2.05) is 0 Å². The van der Waals surface area contributed by atoms with Crippen LogP contribution in [0.15, 0.2) is 21.6 Å².